The monoisotopic (exact) mass is 182 g/mol. The molecule has 0 amide bonds. The maximum Gasteiger partial charge on any atom is 0.159 e. The molecule has 0 bridgehead atoms. The van der Waals surface area contributed by atoms with Gasteiger partial charge in [0.1, 0.15) is 16.6 Å². The van der Waals surface area contributed by atoms with E-state index in [4.69, 9.17) is 11.0 Å². The molecule has 0 unspecified atom stereocenters. The quantitative estimate of drug-likeness (QED) is 0.741. The van der Waals surface area contributed by atoms with Gasteiger partial charge in [-0.25, -0.2) is 0 Å². The number of rotatable bonds is 3. The molecule has 0 spiro atoms. The Morgan fingerprint density at radius 3 is 3.08 bits per heavy atom. The summed E-state index contributed by atoms with van der Waals surface area (Å²) in [5, 5.41) is 12.2. The van der Waals surface area contributed by atoms with Crippen molar-refractivity contribution in [1.82, 2.24) is 4.37 Å². The molecule has 1 aromatic heterocycles. The zero-order chi connectivity index (χ0) is 8.97. The summed E-state index contributed by atoms with van der Waals surface area (Å²) >= 11 is 1.15. The van der Waals surface area contributed by atoms with E-state index in [-0.39, 0.29) is 0 Å². The molecule has 3 N–H and O–H groups in total. The van der Waals surface area contributed by atoms with Crippen LogP contribution >= 0.6 is 11.5 Å². The highest BCUT2D eigenvalue weighted by Gasteiger charge is 2.08. The Kier molecular flexibility index (Phi) is 2.88. The van der Waals surface area contributed by atoms with Gasteiger partial charge in [0.2, 0.25) is 0 Å². The number of aromatic nitrogens is 1. The average molecular weight is 182 g/mol. The second kappa shape index (κ2) is 3.93. The Balaban J connectivity index is 2.79. The van der Waals surface area contributed by atoms with Crippen molar-refractivity contribution >= 4 is 22.4 Å². The summed E-state index contributed by atoms with van der Waals surface area (Å²) in [7, 11) is 0. The predicted octanol–water partition coefficient (Wildman–Crippen LogP) is 1.42. The maximum absolute atomic E-state index is 8.68. The number of nitrogen functional groups attached to an aromatic ring is 1. The van der Waals surface area contributed by atoms with Crippen LogP contribution < -0.4 is 11.1 Å². The molecule has 4 nitrogen and oxygen atoms in total. The molecule has 0 saturated carbocycles. The van der Waals surface area contributed by atoms with E-state index in [0.29, 0.717) is 16.4 Å². The summed E-state index contributed by atoms with van der Waals surface area (Å²) in [4.78, 5) is 0. The van der Waals surface area contributed by atoms with Gasteiger partial charge in [-0.3, -0.25) is 0 Å². The van der Waals surface area contributed by atoms with E-state index in [9.17, 15) is 0 Å². The predicted molar refractivity (Wildman–Crippen MR) is 50.0 cm³/mol. The summed E-state index contributed by atoms with van der Waals surface area (Å²) in [6.45, 7) is 2.87. The standard InChI is InChI=1S/C7H10N4S/c1-2-3-10-7-5(4-8)6(9)12-11-7/h2-3,9H2,1H3,(H,10,11). The van der Waals surface area contributed by atoms with E-state index >= 15 is 0 Å². The maximum atomic E-state index is 8.68. The third kappa shape index (κ3) is 1.66. The molecular formula is C7H10N4S. The molecule has 0 aliphatic carbocycles. The molecule has 1 rings (SSSR count). The van der Waals surface area contributed by atoms with Crippen molar-refractivity contribution in [2.75, 3.05) is 17.6 Å². The Bertz CT molecular complexity index is 299. The minimum atomic E-state index is 0.466. The van der Waals surface area contributed by atoms with E-state index < -0.39 is 0 Å². The van der Waals surface area contributed by atoms with Crippen molar-refractivity contribution in [1.29, 1.82) is 5.26 Å². The first-order chi connectivity index (χ1) is 5.79. The topological polar surface area (TPSA) is 74.7 Å². The van der Waals surface area contributed by atoms with Crippen molar-refractivity contribution < 1.29 is 0 Å². The van der Waals surface area contributed by atoms with Gasteiger partial charge in [-0.15, -0.1) is 0 Å². The molecule has 0 fully saturated rings. The van der Waals surface area contributed by atoms with Crippen LogP contribution in [-0.4, -0.2) is 10.9 Å². The van der Waals surface area contributed by atoms with Crippen molar-refractivity contribution in [3.8, 4) is 6.07 Å². The highest BCUT2D eigenvalue weighted by molar-refractivity contribution is 7.10. The first-order valence-corrected chi connectivity index (χ1v) is 4.46. The second-order valence-corrected chi connectivity index (χ2v) is 3.11. The van der Waals surface area contributed by atoms with Crippen LogP contribution in [0.2, 0.25) is 0 Å². The fourth-order valence-corrected chi connectivity index (χ4v) is 1.35. The number of anilines is 2. The first-order valence-electron chi connectivity index (χ1n) is 3.68. The van der Waals surface area contributed by atoms with Crippen LogP contribution in [0, 0.1) is 11.3 Å². The number of hydrogen-bond donors (Lipinski definition) is 2. The van der Waals surface area contributed by atoms with Crippen LogP contribution in [0.3, 0.4) is 0 Å². The second-order valence-electron chi connectivity index (χ2n) is 2.31. The highest BCUT2D eigenvalue weighted by atomic mass is 32.1. The lowest BCUT2D eigenvalue weighted by atomic mass is 10.3. The first kappa shape index (κ1) is 8.81. The van der Waals surface area contributed by atoms with Crippen LogP contribution in [0.5, 0.6) is 0 Å². The minimum absolute atomic E-state index is 0.466. The van der Waals surface area contributed by atoms with Gasteiger partial charge in [-0.2, -0.15) is 9.64 Å². The van der Waals surface area contributed by atoms with Crippen molar-refractivity contribution in [2.45, 2.75) is 13.3 Å². The van der Waals surface area contributed by atoms with Crippen LogP contribution in [-0.2, 0) is 0 Å². The van der Waals surface area contributed by atoms with E-state index in [1.54, 1.807) is 0 Å². The molecule has 0 aliphatic heterocycles. The molecule has 12 heavy (non-hydrogen) atoms. The van der Waals surface area contributed by atoms with Crippen LogP contribution in [0.1, 0.15) is 18.9 Å². The van der Waals surface area contributed by atoms with Gasteiger partial charge in [-0.05, 0) is 18.0 Å². The summed E-state index contributed by atoms with van der Waals surface area (Å²) in [5.41, 5.74) is 5.98. The number of nitrogens with two attached hydrogens (primary N) is 1. The zero-order valence-corrected chi connectivity index (χ0v) is 7.61. The molecule has 0 saturated heterocycles. The Morgan fingerprint density at radius 1 is 1.75 bits per heavy atom. The Labute approximate surface area is 75.2 Å². The molecule has 0 aliphatic rings. The largest absolute Gasteiger partial charge is 0.388 e. The Morgan fingerprint density at radius 2 is 2.50 bits per heavy atom. The number of nitrogens with one attached hydrogen (secondary N) is 1. The van der Waals surface area contributed by atoms with Gasteiger partial charge in [0, 0.05) is 6.54 Å². The lowest BCUT2D eigenvalue weighted by Crippen LogP contribution is -2.01. The number of hydrogen-bond acceptors (Lipinski definition) is 5. The molecule has 0 aromatic carbocycles. The SMILES string of the molecule is CCCNc1nsc(N)c1C#N. The van der Waals surface area contributed by atoms with E-state index in [0.717, 1.165) is 24.5 Å². The van der Waals surface area contributed by atoms with Gasteiger partial charge >= 0.3 is 0 Å². The number of nitriles is 1. The normalized spacial score (nSPS) is 9.33. The summed E-state index contributed by atoms with van der Waals surface area (Å²) in [6.07, 6.45) is 1.00. The van der Waals surface area contributed by atoms with Crippen molar-refractivity contribution in [3.05, 3.63) is 5.56 Å². The Hall–Kier alpha value is -1.28. The van der Waals surface area contributed by atoms with Crippen molar-refractivity contribution in [2.24, 2.45) is 0 Å². The molecule has 1 aromatic rings. The van der Waals surface area contributed by atoms with E-state index in [1.807, 2.05) is 6.07 Å². The summed E-state index contributed by atoms with van der Waals surface area (Å²) in [5.74, 6) is 0.613. The summed E-state index contributed by atoms with van der Waals surface area (Å²) < 4.78 is 4.01. The average Bonchev–Trinajstić information content (AvgIpc) is 2.43. The van der Waals surface area contributed by atoms with Gasteiger partial charge < -0.3 is 11.1 Å². The molecule has 0 atom stereocenters. The van der Waals surface area contributed by atoms with E-state index in [1.165, 1.54) is 0 Å². The van der Waals surface area contributed by atoms with Crippen LogP contribution in [0.25, 0.3) is 0 Å². The molecule has 1 heterocycles. The third-order valence-electron chi connectivity index (χ3n) is 1.37. The smallest absolute Gasteiger partial charge is 0.159 e. The summed E-state index contributed by atoms with van der Waals surface area (Å²) in [6, 6.07) is 2.01. The van der Waals surface area contributed by atoms with Crippen molar-refractivity contribution in [3.63, 3.8) is 0 Å². The van der Waals surface area contributed by atoms with Crippen LogP contribution in [0.4, 0.5) is 10.8 Å². The van der Waals surface area contributed by atoms with Gasteiger partial charge in [-0.1, -0.05) is 6.92 Å². The molecule has 64 valence electrons. The number of nitrogens with zero attached hydrogens (tertiary/aromatic N) is 2. The van der Waals surface area contributed by atoms with Crippen LogP contribution in [0.15, 0.2) is 0 Å². The van der Waals surface area contributed by atoms with Gasteiger partial charge in [0.05, 0.1) is 0 Å². The molecule has 0 radical (unpaired) electrons. The molecular weight excluding hydrogens is 172 g/mol. The zero-order valence-electron chi connectivity index (χ0n) is 6.79. The fraction of sp³-hybridized carbons (Fsp3) is 0.429. The minimum Gasteiger partial charge on any atom is -0.388 e. The van der Waals surface area contributed by atoms with E-state index in [2.05, 4.69) is 16.6 Å². The van der Waals surface area contributed by atoms with Gasteiger partial charge in [0.15, 0.2) is 5.82 Å². The fourth-order valence-electron chi connectivity index (χ4n) is 0.775. The highest BCUT2D eigenvalue weighted by Crippen LogP contribution is 2.24. The van der Waals surface area contributed by atoms with Gasteiger partial charge in [0.25, 0.3) is 0 Å². The third-order valence-corrected chi connectivity index (χ3v) is 2.05. The molecule has 5 heteroatoms. The lowest BCUT2D eigenvalue weighted by molar-refractivity contribution is 0.974. The lowest BCUT2D eigenvalue weighted by Gasteiger charge is -1.98.